The Morgan fingerprint density at radius 3 is 0.920 bits per heavy atom. The zero-order valence-corrected chi connectivity index (χ0v) is 19.7. The average Bonchev–Trinajstić information content (AvgIpc) is 2.56. The Labute approximate surface area is 161 Å². The van der Waals surface area contributed by atoms with E-state index >= 15 is 0 Å². The predicted molar refractivity (Wildman–Crippen MR) is 108 cm³/mol. The number of thioether (sulfide) groups is 1. The first kappa shape index (κ1) is 25.5. The van der Waals surface area contributed by atoms with Gasteiger partial charge < -0.3 is 26.6 Å². The molecule has 0 aromatic carbocycles. The van der Waals surface area contributed by atoms with Crippen molar-refractivity contribution in [1.82, 2.24) is 0 Å². The van der Waals surface area contributed by atoms with Gasteiger partial charge in [-0.25, -0.2) is 0 Å². The van der Waals surface area contributed by atoms with Crippen LogP contribution in [-0.4, -0.2) is 68.8 Å². The lowest BCUT2D eigenvalue weighted by Gasteiger charge is -2.29. The molecule has 0 aromatic heterocycles. The van der Waals surface area contributed by atoms with Crippen molar-refractivity contribution in [2.24, 2.45) is 0 Å². The van der Waals surface area contributed by atoms with Gasteiger partial charge in [-0.3, -0.25) is 0 Å². The van der Waals surface area contributed by atoms with Crippen molar-refractivity contribution in [3.8, 4) is 0 Å². The maximum atomic E-state index is 5.89. The van der Waals surface area contributed by atoms with Crippen molar-refractivity contribution in [3.63, 3.8) is 0 Å². The van der Waals surface area contributed by atoms with Crippen molar-refractivity contribution in [3.05, 3.63) is 0 Å². The first-order valence-electron chi connectivity index (χ1n) is 9.48. The van der Waals surface area contributed by atoms with Crippen LogP contribution in [0.25, 0.3) is 0 Å². The topological polar surface area (TPSA) is 55.4 Å². The molecule has 0 amide bonds. The molecule has 0 aliphatic rings. The van der Waals surface area contributed by atoms with Crippen LogP contribution in [0.3, 0.4) is 0 Å². The maximum absolute atomic E-state index is 5.89. The van der Waals surface area contributed by atoms with Gasteiger partial charge in [0, 0.05) is 51.7 Å². The van der Waals surface area contributed by atoms with E-state index in [9.17, 15) is 0 Å². The monoisotopic (exact) mass is 414 g/mol. The Bertz CT molecular complexity index is 250. The molecular formula is C16H38O6SSi2. The summed E-state index contributed by atoms with van der Waals surface area (Å²) in [6.07, 6.45) is 0. The smallest absolute Gasteiger partial charge is 0.374 e. The molecule has 0 N–H and O–H groups in total. The Morgan fingerprint density at radius 1 is 0.480 bits per heavy atom. The second kappa shape index (κ2) is 15.6. The molecule has 0 spiro atoms. The summed E-state index contributed by atoms with van der Waals surface area (Å²) < 4.78 is 35.3. The molecule has 0 radical (unpaired) electrons. The summed E-state index contributed by atoms with van der Waals surface area (Å²) in [6.45, 7) is 15.6. The molecule has 0 bridgehead atoms. The minimum atomic E-state index is -2.54. The number of hydrogen-bond acceptors (Lipinski definition) is 7. The summed E-state index contributed by atoms with van der Waals surface area (Å²) in [5.41, 5.74) is 0. The third-order valence-corrected chi connectivity index (χ3v) is 11.1. The Morgan fingerprint density at radius 2 is 0.720 bits per heavy atom. The third-order valence-electron chi connectivity index (χ3n) is 3.29. The lowest BCUT2D eigenvalue weighted by molar-refractivity contribution is 0.0724. The first-order valence-corrected chi connectivity index (χ1v) is 14.5. The fourth-order valence-corrected chi connectivity index (χ4v) is 9.86. The van der Waals surface area contributed by atoms with Crippen LogP contribution >= 0.6 is 11.8 Å². The quantitative estimate of drug-likeness (QED) is 0.250. The molecule has 152 valence electrons. The summed E-state index contributed by atoms with van der Waals surface area (Å²) in [7, 11) is -5.08. The SMILES string of the molecule is CCO[Si](CCSCC[Si](OCC)(OCC)OCC)(OCC)OCC. The molecule has 0 rings (SSSR count). The fraction of sp³-hybridized carbons (Fsp3) is 1.00. The minimum absolute atomic E-state index is 0.617. The molecule has 0 aliphatic carbocycles. The van der Waals surface area contributed by atoms with E-state index in [-0.39, 0.29) is 0 Å². The van der Waals surface area contributed by atoms with Crippen LogP contribution in [0.2, 0.25) is 12.1 Å². The van der Waals surface area contributed by atoms with Crippen molar-refractivity contribution < 1.29 is 26.6 Å². The van der Waals surface area contributed by atoms with Crippen LogP contribution in [0, 0.1) is 0 Å². The zero-order chi connectivity index (χ0) is 19.0. The van der Waals surface area contributed by atoms with E-state index in [4.69, 9.17) is 26.6 Å². The van der Waals surface area contributed by atoms with Gasteiger partial charge in [0.05, 0.1) is 0 Å². The van der Waals surface area contributed by atoms with Gasteiger partial charge >= 0.3 is 17.6 Å². The Hall–Kier alpha value is 0.544. The largest absolute Gasteiger partial charge is 0.501 e. The standard InChI is InChI=1S/C16H38O6SSi2/c1-7-17-24(18-8-2,19-9-3)15-13-23-14-16-25(20-10-4,21-11-5)22-12-6/h7-16H2,1-6H3. The summed E-state index contributed by atoms with van der Waals surface area (Å²) in [6, 6.07) is 1.64. The molecule has 0 fully saturated rings. The average molecular weight is 415 g/mol. The van der Waals surface area contributed by atoms with Gasteiger partial charge in [0.2, 0.25) is 0 Å². The summed E-state index contributed by atoms with van der Waals surface area (Å²) >= 11 is 1.85. The molecule has 0 aliphatic heterocycles. The van der Waals surface area contributed by atoms with Crippen LogP contribution in [0.15, 0.2) is 0 Å². The minimum Gasteiger partial charge on any atom is -0.374 e. The van der Waals surface area contributed by atoms with Crippen molar-refractivity contribution in [2.75, 3.05) is 51.1 Å². The molecule has 6 nitrogen and oxygen atoms in total. The molecule has 0 atom stereocenters. The summed E-state index contributed by atoms with van der Waals surface area (Å²) in [4.78, 5) is 0. The van der Waals surface area contributed by atoms with Crippen LogP contribution in [-0.2, 0) is 26.6 Å². The second-order valence-corrected chi connectivity index (χ2v) is 11.8. The van der Waals surface area contributed by atoms with Crippen molar-refractivity contribution >= 4 is 29.4 Å². The van der Waals surface area contributed by atoms with Crippen LogP contribution in [0.5, 0.6) is 0 Å². The molecule has 0 saturated carbocycles. The highest BCUT2D eigenvalue weighted by Crippen LogP contribution is 2.23. The van der Waals surface area contributed by atoms with E-state index in [2.05, 4.69) is 0 Å². The first-order chi connectivity index (χ1) is 12.1. The second-order valence-electron chi connectivity index (χ2n) is 5.08. The van der Waals surface area contributed by atoms with Gasteiger partial charge in [-0.15, -0.1) is 0 Å². The molecule has 0 saturated heterocycles. The highest BCUT2D eigenvalue weighted by molar-refractivity contribution is 7.99. The molecule has 0 aromatic rings. The molecular weight excluding hydrogens is 376 g/mol. The van der Waals surface area contributed by atoms with E-state index in [1.54, 1.807) is 0 Å². The molecule has 25 heavy (non-hydrogen) atoms. The Balaban J connectivity index is 4.49. The molecule has 0 heterocycles. The predicted octanol–water partition coefficient (Wildman–Crippen LogP) is 3.82. The molecule has 9 heteroatoms. The van der Waals surface area contributed by atoms with Crippen LogP contribution < -0.4 is 0 Å². The van der Waals surface area contributed by atoms with Crippen molar-refractivity contribution in [2.45, 2.75) is 53.6 Å². The Kier molecular flexibility index (Phi) is 15.9. The zero-order valence-electron chi connectivity index (χ0n) is 16.9. The number of rotatable bonds is 18. The van der Waals surface area contributed by atoms with Gasteiger partial charge in [-0.05, 0) is 53.0 Å². The van der Waals surface area contributed by atoms with Gasteiger partial charge in [-0.2, -0.15) is 11.8 Å². The van der Waals surface area contributed by atoms with Gasteiger partial charge in [0.1, 0.15) is 0 Å². The lowest BCUT2D eigenvalue weighted by atomic mass is 10.9. The maximum Gasteiger partial charge on any atom is 0.501 e. The van der Waals surface area contributed by atoms with Crippen LogP contribution in [0.1, 0.15) is 41.5 Å². The van der Waals surface area contributed by atoms with Gasteiger partial charge in [0.25, 0.3) is 0 Å². The highest BCUT2D eigenvalue weighted by Gasteiger charge is 2.41. The van der Waals surface area contributed by atoms with Crippen molar-refractivity contribution in [1.29, 1.82) is 0 Å². The third kappa shape index (κ3) is 10.5. The lowest BCUT2D eigenvalue weighted by Crippen LogP contribution is -2.47. The van der Waals surface area contributed by atoms with E-state index in [1.807, 2.05) is 53.3 Å². The number of hydrogen-bond donors (Lipinski definition) is 0. The van der Waals surface area contributed by atoms with Crippen LogP contribution in [0.4, 0.5) is 0 Å². The summed E-state index contributed by atoms with van der Waals surface area (Å²) in [5.74, 6) is 1.86. The van der Waals surface area contributed by atoms with E-state index in [0.29, 0.717) is 39.6 Å². The highest BCUT2D eigenvalue weighted by atomic mass is 32.2. The fourth-order valence-electron chi connectivity index (χ4n) is 2.50. The normalized spacial score (nSPS) is 12.7. The van der Waals surface area contributed by atoms with Gasteiger partial charge in [0.15, 0.2) is 0 Å². The van der Waals surface area contributed by atoms with Gasteiger partial charge in [-0.1, -0.05) is 0 Å². The summed E-state index contributed by atoms with van der Waals surface area (Å²) in [5, 5.41) is 0. The van der Waals surface area contributed by atoms with E-state index in [0.717, 1.165) is 23.6 Å². The van der Waals surface area contributed by atoms with E-state index < -0.39 is 17.6 Å². The molecule has 0 unspecified atom stereocenters. The van der Waals surface area contributed by atoms with E-state index in [1.165, 1.54) is 0 Å².